The van der Waals surface area contributed by atoms with Crippen molar-refractivity contribution in [3.05, 3.63) is 155 Å². The van der Waals surface area contributed by atoms with E-state index in [0.717, 1.165) is 76.2 Å². The van der Waals surface area contributed by atoms with Gasteiger partial charge in [0.15, 0.2) is 0 Å². The molecule has 4 heteroatoms. The Balaban J connectivity index is 1.17. The smallest absolute Gasteiger partial charge is 0.143 e. The Labute approximate surface area is 279 Å². The lowest BCUT2D eigenvalue weighted by Crippen LogP contribution is -1.94. The zero-order valence-electron chi connectivity index (χ0n) is 25.5. The molecule has 0 radical (unpaired) electrons. The van der Waals surface area contributed by atoms with Gasteiger partial charge in [-0.2, -0.15) is 0 Å². The number of hydrogen-bond donors (Lipinski definition) is 0. The van der Waals surface area contributed by atoms with Gasteiger partial charge in [-0.15, -0.1) is 0 Å². The molecule has 0 aliphatic heterocycles. The second kappa shape index (κ2) is 10.8. The summed E-state index contributed by atoms with van der Waals surface area (Å²) in [6.45, 7) is 2.03. The Bertz CT molecular complexity index is 2710. The van der Waals surface area contributed by atoms with Crippen LogP contribution in [0.15, 0.2) is 148 Å². The van der Waals surface area contributed by atoms with Crippen molar-refractivity contribution in [2.45, 2.75) is 6.92 Å². The number of allylic oxidation sites excluding steroid dienone is 1. The number of halogens is 2. The Hall–Kier alpha value is -5.45. The lowest BCUT2D eigenvalue weighted by atomic mass is 9.97. The van der Waals surface area contributed by atoms with Crippen LogP contribution in [0.25, 0.3) is 88.5 Å². The molecule has 0 fully saturated rings. The average Bonchev–Trinajstić information content (AvgIpc) is 3.63. The second-order valence-electron chi connectivity index (χ2n) is 12.0. The van der Waals surface area contributed by atoms with E-state index in [9.17, 15) is 4.39 Å². The summed E-state index contributed by atoms with van der Waals surface area (Å²) in [7, 11) is 0. The molecule has 9 aromatic rings. The largest absolute Gasteiger partial charge is 0.455 e. The molecule has 2 aromatic heterocycles. The molecule has 2 nitrogen and oxygen atoms in total. The fraction of sp³-hybridized carbons (Fsp3) is 0.0233. The maximum atomic E-state index is 13.9. The van der Waals surface area contributed by atoms with E-state index in [1.807, 2.05) is 25.1 Å². The summed E-state index contributed by atoms with van der Waals surface area (Å²) in [5.74, 6) is -0.246. The highest BCUT2D eigenvalue weighted by Gasteiger charge is 2.15. The molecule has 0 amide bonds. The molecule has 0 aliphatic rings. The van der Waals surface area contributed by atoms with E-state index in [-0.39, 0.29) is 5.82 Å². The minimum atomic E-state index is -0.246. The molecular formula is C43H27BrFNO. The number of rotatable bonds is 4. The highest BCUT2D eigenvalue weighted by molar-refractivity contribution is 9.10. The Morgan fingerprint density at radius 2 is 1.30 bits per heavy atom. The van der Waals surface area contributed by atoms with Crippen molar-refractivity contribution in [3.8, 4) is 27.9 Å². The van der Waals surface area contributed by atoms with Crippen molar-refractivity contribution in [2.75, 3.05) is 0 Å². The number of benzene rings is 7. The number of furan rings is 1. The van der Waals surface area contributed by atoms with Crippen LogP contribution in [0.5, 0.6) is 0 Å². The molecule has 0 bridgehead atoms. The second-order valence-corrected chi connectivity index (χ2v) is 12.9. The fourth-order valence-electron chi connectivity index (χ4n) is 7.00. The average molecular weight is 673 g/mol. The minimum absolute atomic E-state index is 0.246. The molecule has 2 heterocycles. The summed E-state index contributed by atoms with van der Waals surface area (Å²) in [6.07, 6.45) is 4.17. The van der Waals surface area contributed by atoms with Gasteiger partial charge in [-0.3, -0.25) is 0 Å². The summed E-state index contributed by atoms with van der Waals surface area (Å²) in [6, 6.07) is 45.6. The van der Waals surface area contributed by atoms with Gasteiger partial charge in [0.25, 0.3) is 0 Å². The van der Waals surface area contributed by atoms with Crippen molar-refractivity contribution >= 4 is 76.5 Å². The van der Waals surface area contributed by atoms with Gasteiger partial charge in [0.1, 0.15) is 17.0 Å². The number of hydrogen-bond acceptors (Lipinski definition) is 1. The zero-order chi connectivity index (χ0) is 31.6. The fourth-order valence-corrected chi connectivity index (χ4v) is 7.49. The topological polar surface area (TPSA) is 18.1 Å². The van der Waals surface area contributed by atoms with Crippen LogP contribution in [0.3, 0.4) is 0 Å². The van der Waals surface area contributed by atoms with Gasteiger partial charge in [-0.05, 0) is 119 Å². The first kappa shape index (κ1) is 27.8. The molecule has 0 aliphatic carbocycles. The summed E-state index contributed by atoms with van der Waals surface area (Å²) in [5.41, 5.74) is 10.4. The van der Waals surface area contributed by atoms with Crippen molar-refractivity contribution in [2.24, 2.45) is 0 Å². The van der Waals surface area contributed by atoms with E-state index in [1.54, 1.807) is 0 Å². The van der Waals surface area contributed by atoms with Crippen molar-refractivity contribution in [1.29, 1.82) is 0 Å². The first-order valence-electron chi connectivity index (χ1n) is 15.7. The molecule has 0 N–H and O–H groups in total. The van der Waals surface area contributed by atoms with Crippen LogP contribution in [-0.2, 0) is 0 Å². The van der Waals surface area contributed by atoms with Crippen LogP contribution in [-0.4, -0.2) is 4.57 Å². The molecule has 0 spiro atoms. The standard InChI is InChI=1S/C43H27BrFNO/c1-2-5-26-8-16-35-29(20-26)11-19-39-38-18-10-28(25-42(38)47-43(35)39)31-21-30(22-32(44)23-31)27-9-17-37-36-6-3-4-7-40(36)46(41(37)24-27)34-14-12-33(45)13-15-34/h2-25H,1H3/b5-2+. The Morgan fingerprint density at radius 3 is 2.11 bits per heavy atom. The molecule has 7 aromatic carbocycles. The van der Waals surface area contributed by atoms with Crippen LogP contribution in [0.1, 0.15) is 12.5 Å². The van der Waals surface area contributed by atoms with Crippen molar-refractivity contribution in [3.63, 3.8) is 0 Å². The van der Waals surface area contributed by atoms with E-state index in [0.29, 0.717) is 0 Å². The number of aromatic nitrogens is 1. The molecule has 0 saturated heterocycles. The minimum Gasteiger partial charge on any atom is -0.455 e. The number of para-hydroxylation sites is 1. The van der Waals surface area contributed by atoms with Crippen LogP contribution in [0.4, 0.5) is 4.39 Å². The van der Waals surface area contributed by atoms with Crippen LogP contribution < -0.4 is 0 Å². The normalized spacial score (nSPS) is 12.1. The third kappa shape index (κ3) is 4.59. The lowest BCUT2D eigenvalue weighted by Gasteiger charge is -2.11. The van der Waals surface area contributed by atoms with Crippen molar-refractivity contribution < 1.29 is 8.81 Å². The van der Waals surface area contributed by atoms with E-state index in [1.165, 1.54) is 28.5 Å². The monoisotopic (exact) mass is 671 g/mol. The van der Waals surface area contributed by atoms with Gasteiger partial charge in [-0.1, -0.05) is 82.7 Å². The van der Waals surface area contributed by atoms with Gasteiger partial charge >= 0.3 is 0 Å². The third-order valence-electron chi connectivity index (χ3n) is 9.16. The highest BCUT2D eigenvalue weighted by atomic mass is 79.9. The van der Waals surface area contributed by atoms with E-state index >= 15 is 0 Å². The molecule has 224 valence electrons. The van der Waals surface area contributed by atoms with Gasteiger partial charge in [0.05, 0.1) is 11.0 Å². The van der Waals surface area contributed by atoms with Gasteiger partial charge < -0.3 is 8.98 Å². The van der Waals surface area contributed by atoms with E-state index in [2.05, 4.69) is 136 Å². The SMILES string of the molecule is C/C=C/c1ccc2c(ccc3c4ccc(-c5cc(Br)cc(-c6ccc7c8ccccc8n(-c8ccc(F)cc8)c7c6)c5)cc4oc23)c1. The summed E-state index contributed by atoms with van der Waals surface area (Å²) in [5, 5.41) is 6.84. The van der Waals surface area contributed by atoms with Crippen LogP contribution in [0.2, 0.25) is 0 Å². The van der Waals surface area contributed by atoms with Gasteiger partial charge in [0.2, 0.25) is 0 Å². The Kier molecular flexibility index (Phi) is 6.41. The predicted molar refractivity (Wildman–Crippen MR) is 199 cm³/mol. The lowest BCUT2D eigenvalue weighted by molar-refractivity contribution is 0.627. The highest BCUT2D eigenvalue weighted by Crippen LogP contribution is 2.39. The van der Waals surface area contributed by atoms with E-state index in [4.69, 9.17) is 4.42 Å². The zero-order valence-corrected chi connectivity index (χ0v) is 27.1. The van der Waals surface area contributed by atoms with Gasteiger partial charge in [-0.25, -0.2) is 4.39 Å². The summed E-state index contributed by atoms with van der Waals surface area (Å²) in [4.78, 5) is 0. The molecule has 0 unspecified atom stereocenters. The summed E-state index contributed by atoms with van der Waals surface area (Å²) >= 11 is 3.80. The first-order chi connectivity index (χ1) is 23.0. The quantitative estimate of drug-likeness (QED) is 0.182. The third-order valence-corrected chi connectivity index (χ3v) is 9.62. The van der Waals surface area contributed by atoms with Crippen LogP contribution in [0, 0.1) is 5.82 Å². The molecule has 9 rings (SSSR count). The maximum absolute atomic E-state index is 13.9. The first-order valence-corrected chi connectivity index (χ1v) is 16.5. The maximum Gasteiger partial charge on any atom is 0.143 e. The molecule has 47 heavy (non-hydrogen) atoms. The van der Waals surface area contributed by atoms with Crippen molar-refractivity contribution in [1.82, 2.24) is 4.57 Å². The summed E-state index contributed by atoms with van der Waals surface area (Å²) < 4.78 is 23.6. The van der Waals surface area contributed by atoms with Crippen LogP contribution >= 0.6 is 15.9 Å². The number of nitrogens with zero attached hydrogens (tertiary/aromatic N) is 1. The Morgan fingerprint density at radius 1 is 0.596 bits per heavy atom. The molecule has 0 saturated carbocycles. The van der Waals surface area contributed by atoms with Gasteiger partial charge in [0, 0.05) is 37.1 Å². The van der Waals surface area contributed by atoms with E-state index < -0.39 is 0 Å². The molecular weight excluding hydrogens is 645 g/mol. The predicted octanol–water partition coefficient (Wildman–Crippen LogP) is 13.1. The number of fused-ring (bicyclic) bond motifs is 8. The molecule has 0 atom stereocenters.